The number of allylic oxidation sites excluding steroid dienone is 5. The standard InChI is InChI=1S/C59H115N2O6P/c1-6-8-10-12-14-16-18-20-22-24-26-28-30-31-33-35-37-39-41-43-45-47-49-51-53-59(63)60-57(56-67-68(64,65)66-55-54-61(3,4)5)58(62)52-50-48-46-44-42-40-38-36-34-32-29-27-25-23-21-19-17-15-13-11-9-7-2/h31,33,42,44,50,52,57-58,62H,6-30,32,34-41,43,45-49,51,53-56H2,1-5H3,(H-,60,63,64,65)/b33-31-,44-42+,52-50+. The van der Waals surface area contributed by atoms with Crippen molar-refractivity contribution in [2.45, 2.75) is 296 Å². The van der Waals surface area contributed by atoms with E-state index >= 15 is 0 Å². The molecule has 0 bridgehead atoms. The number of aliphatic hydroxyl groups excluding tert-OH is 1. The van der Waals surface area contributed by atoms with Crippen LogP contribution in [0.2, 0.25) is 0 Å². The molecule has 0 aliphatic heterocycles. The topological polar surface area (TPSA) is 108 Å². The van der Waals surface area contributed by atoms with Crippen molar-refractivity contribution in [2.75, 3.05) is 40.9 Å². The Bertz CT molecular complexity index is 1200. The normalized spacial score (nSPS) is 14.2. The van der Waals surface area contributed by atoms with Crippen LogP contribution in [0.3, 0.4) is 0 Å². The number of likely N-dealkylation sites (N-methyl/N-ethyl adjacent to an activating group) is 1. The Kier molecular flexibility index (Phi) is 49.7. The Morgan fingerprint density at radius 1 is 0.500 bits per heavy atom. The lowest BCUT2D eigenvalue weighted by atomic mass is 10.0. The number of nitrogens with one attached hydrogen (secondary N) is 1. The molecule has 0 aromatic rings. The highest BCUT2D eigenvalue weighted by molar-refractivity contribution is 7.45. The van der Waals surface area contributed by atoms with Crippen molar-refractivity contribution in [1.82, 2.24) is 5.32 Å². The number of carbonyl (C=O) groups is 1. The minimum Gasteiger partial charge on any atom is -0.756 e. The molecule has 2 N–H and O–H groups in total. The molecule has 0 fully saturated rings. The molecule has 402 valence electrons. The van der Waals surface area contributed by atoms with Gasteiger partial charge in [0, 0.05) is 6.42 Å². The average Bonchev–Trinajstić information content (AvgIpc) is 3.30. The molecule has 0 rings (SSSR count). The van der Waals surface area contributed by atoms with Crippen molar-refractivity contribution < 1.29 is 32.9 Å². The van der Waals surface area contributed by atoms with E-state index in [4.69, 9.17) is 9.05 Å². The lowest BCUT2D eigenvalue weighted by Gasteiger charge is -2.29. The van der Waals surface area contributed by atoms with Crippen LogP contribution in [0.4, 0.5) is 0 Å². The molecule has 3 unspecified atom stereocenters. The van der Waals surface area contributed by atoms with E-state index in [1.165, 1.54) is 225 Å². The van der Waals surface area contributed by atoms with Crippen LogP contribution in [0.15, 0.2) is 36.5 Å². The number of hydrogen-bond donors (Lipinski definition) is 2. The number of amides is 1. The van der Waals surface area contributed by atoms with E-state index in [1.54, 1.807) is 6.08 Å². The Labute approximate surface area is 423 Å². The van der Waals surface area contributed by atoms with Crippen LogP contribution in [0, 0.1) is 0 Å². The molecular formula is C59H115N2O6P. The maximum Gasteiger partial charge on any atom is 0.268 e. The summed E-state index contributed by atoms with van der Waals surface area (Å²) in [6.45, 7) is 4.66. The second-order valence-corrected chi connectivity index (χ2v) is 22.8. The zero-order valence-corrected chi connectivity index (χ0v) is 46.7. The van der Waals surface area contributed by atoms with Crippen molar-refractivity contribution in [3.05, 3.63) is 36.5 Å². The molecule has 68 heavy (non-hydrogen) atoms. The summed E-state index contributed by atoms with van der Waals surface area (Å²) in [6, 6.07) is -0.905. The lowest BCUT2D eigenvalue weighted by molar-refractivity contribution is -0.870. The van der Waals surface area contributed by atoms with Gasteiger partial charge >= 0.3 is 0 Å². The zero-order valence-electron chi connectivity index (χ0n) is 45.8. The predicted molar refractivity (Wildman–Crippen MR) is 293 cm³/mol. The lowest BCUT2D eigenvalue weighted by Crippen LogP contribution is -2.45. The number of nitrogens with zero attached hydrogens (tertiary/aromatic N) is 1. The predicted octanol–water partition coefficient (Wildman–Crippen LogP) is 17.1. The fraction of sp³-hybridized carbons (Fsp3) is 0.881. The second-order valence-electron chi connectivity index (χ2n) is 21.3. The van der Waals surface area contributed by atoms with E-state index < -0.39 is 26.6 Å². The van der Waals surface area contributed by atoms with E-state index in [2.05, 4.69) is 43.5 Å². The summed E-state index contributed by atoms with van der Waals surface area (Å²) in [5.41, 5.74) is 0. The van der Waals surface area contributed by atoms with Gasteiger partial charge in [0.25, 0.3) is 7.82 Å². The summed E-state index contributed by atoms with van der Waals surface area (Å²) in [7, 11) is 1.25. The summed E-state index contributed by atoms with van der Waals surface area (Å²) in [5, 5.41) is 13.9. The zero-order chi connectivity index (χ0) is 49.9. The molecule has 8 nitrogen and oxygen atoms in total. The largest absolute Gasteiger partial charge is 0.756 e. The van der Waals surface area contributed by atoms with Gasteiger partial charge in [-0.15, -0.1) is 0 Å². The van der Waals surface area contributed by atoms with Crippen LogP contribution in [0.1, 0.15) is 284 Å². The summed E-state index contributed by atoms with van der Waals surface area (Å²) in [5.74, 6) is -0.207. The third kappa shape index (κ3) is 52.5. The van der Waals surface area contributed by atoms with Crippen molar-refractivity contribution in [3.8, 4) is 0 Å². The number of aliphatic hydroxyl groups is 1. The van der Waals surface area contributed by atoms with E-state index in [1.807, 2.05) is 27.2 Å². The highest BCUT2D eigenvalue weighted by atomic mass is 31.2. The minimum atomic E-state index is -4.61. The molecule has 9 heteroatoms. The summed E-state index contributed by atoms with van der Waals surface area (Å²) in [6.07, 6.45) is 65.1. The molecule has 0 aliphatic carbocycles. The molecule has 0 radical (unpaired) electrons. The van der Waals surface area contributed by atoms with Gasteiger partial charge in [0.05, 0.1) is 39.9 Å². The van der Waals surface area contributed by atoms with Crippen LogP contribution in [-0.4, -0.2) is 68.5 Å². The summed E-state index contributed by atoms with van der Waals surface area (Å²) in [4.78, 5) is 25.5. The van der Waals surface area contributed by atoms with Crippen molar-refractivity contribution in [2.24, 2.45) is 0 Å². The smallest absolute Gasteiger partial charge is 0.268 e. The van der Waals surface area contributed by atoms with Gasteiger partial charge in [-0.2, -0.15) is 0 Å². The molecule has 0 aromatic heterocycles. The average molecular weight is 980 g/mol. The number of phosphoric acid groups is 1. The van der Waals surface area contributed by atoms with E-state index in [0.29, 0.717) is 17.4 Å². The third-order valence-corrected chi connectivity index (χ3v) is 14.3. The van der Waals surface area contributed by atoms with Crippen LogP contribution in [0.5, 0.6) is 0 Å². The van der Waals surface area contributed by atoms with E-state index in [-0.39, 0.29) is 12.5 Å². The van der Waals surface area contributed by atoms with E-state index in [9.17, 15) is 19.4 Å². The molecule has 0 aromatic carbocycles. The van der Waals surface area contributed by atoms with Crippen LogP contribution in [0.25, 0.3) is 0 Å². The maximum atomic E-state index is 13.0. The van der Waals surface area contributed by atoms with Gasteiger partial charge in [0.1, 0.15) is 13.2 Å². The quantitative estimate of drug-likeness (QED) is 0.0272. The Morgan fingerprint density at radius 2 is 0.824 bits per heavy atom. The van der Waals surface area contributed by atoms with Crippen molar-refractivity contribution >= 4 is 13.7 Å². The van der Waals surface area contributed by atoms with Gasteiger partial charge in [-0.25, -0.2) is 0 Å². The minimum absolute atomic E-state index is 0.00629. The molecule has 0 saturated carbocycles. The van der Waals surface area contributed by atoms with Crippen molar-refractivity contribution in [1.29, 1.82) is 0 Å². The summed E-state index contributed by atoms with van der Waals surface area (Å²) >= 11 is 0. The molecule has 1 amide bonds. The number of quaternary nitrogens is 1. The SMILES string of the molecule is CCCCCCCCCCCCCC/C=C\CCCCCCCCCCC(=O)NC(COP(=O)([O-])OCC[N+](C)(C)C)C(O)/C=C/CC/C=C/CCCCCCCCCCCCCCCCCC. The van der Waals surface area contributed by atoms with E-state index in [0.717, 1.165) is 38.5 Å². The molecule has 0 spiro atoms. The Morgan fingerprint density at radius 3 is 1.19 bits per heavy atom. The number of hydrogen-bond acceptors (Lipinski definition) is 6. The summed E-state index contributed by atoms with van der Waals surface area (Å²) < 4.78 is 23.3. The highest BCUT2D eigenvalue weighted by Crippen LogP contribution is 2.38. The van der Waals surface area contributed by atoms with Gasteiger partial charge in [-0.3, -0.25) is 9.36 Å². The number of phosphoric ester groups is 1. The van der Waals surface area contributed by atoms with Gasteiger partial charge < -0.3 is 28.8 Å². The highest BCUT2D eigenvalue weighted by Gasteiger charge is 2.23. The number of unbranched alkanes of at least 4 members (excludes halogenated alkanes) is 37. The maximum absolute atomic E-state index is 13.0. The number of carbonyl (C=O) groups excluding carboxylic acids is 1. The monoisotopic (exact) mass is 979 g/mol. The molecule has 0 saturated heterocycles. The first-order valence-corrected chi connectivity index (χ1v) is 30.8. The fourth-order valence-corrected chi connectivity index (χ4v) is 9.42. The van der Waals surface area contributed by atoms with Crippen LogP contribution >= 0.6 is 7.82 Å². The fourth-order valence-electron chi connectivity index (χ4n) is 8.70. The first kappa shape index (κ1) is 66.7. The first-order chi connectivity index (χ1) is 33.0. The second kappa shape index (κ2) is 50.7. The first-order valence-electron chi connectivity index (χ1n) is 29.4. The van der Waals surface area contributed by atoms with Gasteiger partial charge in [0.15, 0.2) is 0 Å². The van der Waals surface area contributed by atoms with Crippen molar-refractivity contribution in [3.63, 3.8) is 0 Å². The molecule has 0 heterocycles. The van der Waals surface area contributed by atoms with Gasteiger partial charge in [-0.05, 0) is 57.8 Å². The number of rotatable bonds is 54. The molecule has 3 atom stereocenters. The molecular weight excluding hydrogens is 864 g/mol. The Balaban J connectivity index is 4.24. The third-order valence-electron chi connectivity index (χ3n) is 13.3. The van der Waals surface area contributed by atoms with Crippen LogP contribution in [-0.2, 0) is 18.4 Å². The van der Waals surface area contributed by atoms with Gasteiger partial charge in [0.2, 0.25) is 5.91 Å². The van der Waals surface area contributed by atoms with Gasteiger partial charge in [-0.1, -0.05) is 256 Å². The van der Waals surface area contributed by atoms with Crippen LogP contribution < -0.4 is 10.2 Å². The Hall–Kier alpha value is -1.28. The molecule has 0 aliphatic rings.